The van der Waals surface area contributed by atoms with Gasteiger partial charge in [0, 0.05) is 25.4 Å². The molecule has 1 aromatic carbocycles. The third kappa shape index (κ3) is 7.98. The molecule has 29 heavy (non-hydrogen) atoms. The first kappa shape index (κ1) is 23.7. The summed E-state index contributed by atoms with van der Waals surface area (Å²) < 4.78 is 11.6. The van der Waals surface area contributed by atoms with Gasteiger partial charge in [-0.15, -0.1) is 0 Å². The largest absolute Gasteiger partial charge is 0.494 e. The molecule has 1 aliphatic heterocycles. The summed E-state index contributed by atoms with van der Waals surface area (Å²) in [6.45, 7) is 13.0. The van der Waals surface area contributed by atoms with Crippen LogP contribution in [0.3, 0.4) is 0 Å². The zero-order chi connectivity index (χ0) is 21.1. The average Bonchev–Trinajstić information content (AvgIpc) is 2.71. The number of likely N-dealkylation sites (tertiary alicyclic amines) is 1. The maximum atomic E-state index is 12.7. The van der Waals surface area contributed by atoms with Crippen LogP contribution >= 0.6 is 0 Å². The lowest BCUT2D eigenvalue weighted by molar-refractivity contribution is -0.139. The van der Waals surface area contributed by atoms with E-state index >= 15 is 0 Å². The molecule has 1 heterocycles. The van der Waals surface area contributed by atoms with Gasteiger partial charge in [-0.2, -0.15) is 0 Å². The van der Waals surface area contributed by atoms with Crippen molar-refractivity contribution in [1.29, 1.82) is 0 Å². The Bertz CT molecular complexity index is 605. The molecule has 1 fully saturated rings. The van der Waals surface area contributed by atoms with Crippen molar-refractivity contribution in [2.75, 3.05) is 38.2 Å². The van der Waals surface area contributed by atoms with Gasteiger partial charge in [-0.3, -0.25) is 4.79 Å². The number of anilines is 1. The van der Waals surface area contributed by atoms with E-state index in [1.54, 1.807) is 0 Å². The van der Waals surface area contributed by atoms with Crippen molar-refractivity contribution in [2.24, 2.45) is 5.92 Å². The number of carbonyl (C=O) groups excluding carboxylic acids is 1. The minimum absolute atomic E-state index is 0.0859. The monoisotopic (exact) mass is 404 g/mol. The summed E-state index contributed by atoms with van der Waals surface area (Å²) in [7, 11) is 0. The van der Waals surface area contributed by atoms with Crippen LogP contribution < -0.4 is 10.1 Å². The molecule has 1 N–H and O–H groups in total. The highest BCUT2D eigenvalue weighted by Crippen LogP contribution is 2.23. The molecule has 1 aromatic rings. The second-order valence-corrected chi connectivity index (χ2v) is 8.50. The molecule has 5 nitrogen and oxygen atoms in total. The fraction of sp³-hybridized carbons (Fsp3) is 0.708. The molecule has 2 atom stereocenters. The van der Waals surface area contributed by atoms with Gasteiger partial charge in [0.2, 0.25) is 0 Å². The predicted molar refractivity (Wildman–Crippen MR) is 120 cm³/mol. The standard InChI is InChI=1S/C24H40N2O3/c1-5-7-15-24(4,29-6-2)23(27)25-21-11-13-22(14-12-21)28-18-9-17-26-16-8-10-20(3)19-26/h11-14,20H,5-10,15-19H2,1-4H3,(H,25,27)/t20-,24+/m1/s1. The second kappa shape index (κ2) is 12.2. The lowest BCUT2D eigenvalue weighted by atomic mass is 9.97. The summed E-state index contributed by atoms with van der Waals surface area (Å²) >= 11 is 0. The maximum absolute atomic E-state index is 12.7. The van der Waals surface area contributed by atoms with E-state index in [9.17, 15) is 4.79 Å². The molecule has 2 rings (SSSR count). The van der Waals surface area contributed by atoms with Crippen LogP contribution in [0.5, 0.6) is 5.75 Å². The fourth-order valence-electron chi connectivity index (χ4n) is 3.95. The molecule has 0 unspecified atom stereocenters. The van der Waals surface area contributed by atoms with Gasteiger partial charge < -0.3 is 19.7 Å². The molecule has 1 aliphatic rings. The Morgan fingerprint density at radius 3 is 2.66 bits per heavy atom. The number of carbonyl (C=O) groups is 1. The molecule has 0 radical (unpaired) electrons. The molecule has 0 bridgehead atoms. The van der Waals surface area contributed by atoms with Crippen LogP contribution in [-0.4, -0.2) is 49.3 Å². The Balaban J connectivity index is 1.76. The molecular formula is C24H40N2O3. The summed E-state index contributed by atoms with van der Waals surface area (Å²) in [6.07, 6.45) is 6.44. The van der Waals surface area contributed by atoms with Gasteiger partial charge in [0.1, 0.15) is 11.4 Å². The van der Waals surface area contributed by atoms with Crippen molar-refractivity contribution in [3.63, 3.8) is 0 Å². The Morgan fingerprint density at radius 2 is 2.00 bits per heavy atom. The first-order valence-corrected chi connectivity index (χ1v) is 11.4. The van der Waals surface area contributed by atoms with Crippen LogP contribution in [0.25, 0.3) is 0 Å². The maximum Gasteiger partial charge on any atom is 0.256 e. The molecule has 5 heteroatoms. The topological polar surface area (TPSA) is 50.8 Å². The summed E-state index contributed by atoms with van der Waals surface area (Å²) in [5, 5.41) is 2.99. The number of hydrogen-bond donors (Lipinski definition) is 1. The van der Waals surface area contributed by atoms with Crippen LogP contribution in [-0.2, 0) is 9.53 Å². The minimum atomic E-state index is -0.786. The van der Waals surface area contributed by atoms with Gasteiger partial charge in [-0.05, 0) is 76.3 Å². The number of unbranched alkanes of at least 4 members (excludes halogenated alkanes) is 1. The zero-order valence-electron chi connectivity index (χ0n) is 18.8. The van der Waals surface area contributed by atoms with Crippen LogP contribution in [0, 0.1) is 5.92 Å². The van der Waals surface area contributed by atoms with E-state index in [1.807, 2.05) is 38.1 Å². The van der Waals surface area contributed by atoms with Crippen molar-refractivity contribution >= 4 is 11.6 Å². The van der Waals surface area contributed by atoms with Gasteiger partial charge in [0.25, 0.3) is 5.91 Å². The Hall–Kier alpha value is -1.59. The number of nitrogens with one attached hydrogen (secondary N) is 1. The Kier molecular flexibility index (Phi) is 9.95. The summed E-state index contributed by atoms with van der Waals surface area (Å²) in [5.74, 6) is 1.57. The van der Waals surface area contributed by atoms with E-state index in [1.165, 1.54) is 25.9 Å². The number of benzene rings is 1. The van der Waals surface area contributed by atoms with Crippen molar-refractivity contribution in [3.05, 3.63) is 24.3 Å². The normalized spacial score (nSPS) is 19.5. The summed E-state index contributed by atoms with van der Waals surface area (Å²) in [4.78, 5) is 15.3. The second-order valence-electron chi connectivity index (χ2n) is 8.50. The summed E-state index contributed by atoms with van der Waals surface area (Å²) in [6, 6.07) is 7.63. The molecule has 164 valence electrons. The first-order valence-electron chi connectivity index (χ1n) is 11.4. The van der Waals surface area contributed by atoms with Crippen molar-refractivity contribution in [3.8, 4) is 5.75 Å². The molecule has 1 amide bonds. The molecule has 0 spiro atoms. The average molecular weight is 405 g/mol. The van der Waals surface area contributed by atoms with Gasteiger partial charge in [-0.1, -0.05) is 26.7 Å². The van der Waals surface area contributed by atoms with Crippen LogP contribution in [0.2, 0.25) is 0 Å². The Labute approximate surface area is 177 Å². The highest BCUT2D eigenvalue weighted by molar-refractivity contribution is 5.97. The quantitative estimate of drug-likeness (QED) is 0.492. The minimum Gasteiger partial charge on any atom is -0.494 e. The van der Waals surface area contributed by atoms with Gasteiger partial charge >= 0.3 is 0 Å². The van der Waals surface area contributed by atoms with Crippen molar-refractivity contribution < 1.29 is 14.3 Å². The van der Waals surface area contributed by atoms with E-state index < -0.39 is 5.60 Å². The fourth-order valence-corrected chi connectivity index (χ4v) is 3.95. The molecule has 0 aromatic heterocycles. The van der Waals surface area contributed by atoms with E-state index in [0.29, 0.717) is 6.61 Å². The Morgan fingerprint density at radius 1 is 1.24 bits per heavy atom. The number of piperidine rings is 1. The third-order valence-electron chi connectivity index (χ3n) is 5.69. The van der Waals surface area contributed by atoms with Crippen LogP contribution in [0.4, 0.5) is 5.69 Å². The van der Waals surface area contributed by atoms with Crippen molar-refractivity contribution in [1.82, 2.24) is 4.90 Å². The number of amides is 1. The first-order chi connectivity index (χ1) is 14.0. The third-order valence-corrected chi connectivity index (χ3v) is 5.69. The molecule has 1 saturated heterocycles. The predicted octanol–water partition coefficient (Wildman–Crippen LogP) is 5.11. The molecule has 0 aliphatic carbocycles. The highest BCUT2D eigenvalue weighted by atomic mass is 16.5. The van der Waals surface area contributed by atoms with E-state index in [-0.39, 0.29) is 5.91 Å². The number of ether oxygens (including phenoxy) is 2. The van der Waals surface area contributed by atoms with E-state index in [2.05, 4.69) is 24.1 Å². The highest BCUT2D eigenvalue weighted by Gasteiger charge is 2.33. The number of rotatable bonds is 12. The van der Waals surface area contributed by atoms with Crippen LogP contribution in [0.1, 0.15) is 66.2 Å². The number of hydrogen-bond acceptors (Lipinski definition) is 4. The lowest BCUT2D eigenvalue weighted by Crippen LogP contribution is -2.42. The zero-order valence-corrected chi connectivity index (χ0v) is 18.8. The lowest BCUT2D eigenvalue weighted by Gasteiger charge is -2.30. The van der Waals surface area contributed by atoms with Crippen LogP contribution in [0.15, 0.2) is 24.3 Å². The van der Waals surface area contributed by atoms with Gasteiger partial charge in [-0.25, -0.2) is 0 Å². The molecular weight excluding hydrogens is 364 g/mol. The van der Waals surface area contributed by atoms with Crippen molar-refractivity contribution in [2.45, 2.75) is 71.8 Å². The summed E-state index contributed by atoms with van der Waals surface area (Å²) in [5.41, 5.74) is -0.0154. The van der Waals surface area contributed by atoms with Gasteiger partial charge in [0.05, 0.1) is 6.61 Å². The van der Waals surface area contributed by atoms with E-state index in [4.69, 9.17) is 9.47 Å². The van der Waals surface area contributed by atoms with E-state index in [0.717, 1.165) is 56.2 Å². The molecule has 0 saturated carbocycles. The SMILES string of the molecule is CCCC[C@](C)(OCC)C(=O)Nc1ccc(OCCCN2CCC[C@@H](C)C2)cc1. The smallest absolute Gasteiger partial charge is 0.256 e. The number of nitrogens with zero attached hydrogens (tertiary/aromatic N) is 1. The van der Waals surface area contributed by atoms with Gasteiger partial charge in [0.15, 0.2) is 0 Å².